The summed E-state index contributed by atoms with van der Waals surface area (Å²) in [6.45, 7) is 4.24. The molecular weight excluding hydrogens is 392 g/mol. The molecule has 2 amide bonds. The molecule has 1 aliphatic rings. The Labute approximate surface area is 181 Å². The predicted octanol–water partition coefficient (Wildman–Crippen LogP) is 3.19. The zero-order chi connectivity index (χ0) is 21.6. The van der Waals surface area contributed by atoms with Crippen LogP contribution in [-0.4, -0.2) is 34.7 Å². The van der Waals surface area contributed by atoms with E-state index in [1.165, 1.54) is 0 Å². The average molecular weight is 418 g/mol. The van der Waals surface area contributed by atoms with Gasteiger partial charge in [-0.1, -0.05) is 24.3 Å². The number of benzene rings is 2. The zero-order valence-corrected chi connectivity index (χ0v) is 17.6. The van der Waals surface area contributed by atoms with Crippen molar-refractivity contribution in [2.45, 2.75) is 32.9 Å². The van der Waals surface area contributed by atoms with Gasteiger partial charge in [-0.05, 0) is 48.7 Å². The van der Waals surface area contributed by atoms with E-state index in [9.17, 15) is 9.59 Å². The summed E-state index contributed by atoms with van der Waals surface area (Å²) in [7, 11) is 0. The molecule has 2 heterocycles. The summed E-state index contributed by atoms with van der Waals surface area (Å²) in [5.74, 6) is 1.65. The minimum absolute atomic E-state index is 0.0871. The van der Waals surface area contributed by atoms with Crippen molar-refractivity contribution in [1.29, 1.82) is 0 Å². The Balaban J connectivity index is 1.30. The van der Waals surface area contributed by atoms with Crippen LogP contribution in [0.5, 0.6) is 5.75 Å². The number of amides is 2. The van der Waals surface area contributed by atoms with Crippen molar-refractivity contribution in [2.24, 2.45) is 0 Å². The van der Waals surface area contributed by atoms with Crippen molar-refractivity contribution in [3.8, 4) is 5.75 Å². The fraction of sp³-hybridized carbons (Fsp3) is 0.292. The highest BCUT2D eigenvalue weighted by Crippen LogP contribution is 2.23. The summed E-state index contributed by atoms with van der Waals surface area (Å²) in [6, 6.07) is 17.1. The van der Waals surface area contributed by atoms with Crippen LogP contribution in [0.15, 0.2) is 60.8 Å². The van der Waals surface area contributed by atoms with Crippen LogP contribution in [0.3, 0.4) is 0 Å². The average Bonchev–Trinajstić information content (AvgIpc) is 3.27. The van der Waals surface area contributed by atoms with Crippen molar-refractivity contribution in [3.63, 3.8) is 0 Å². The third-order valence-corrected chi connectivity index (χ3v) is 5.30. The number of nitrogens with one attached hydrogen (secondary N) is 1. The highest BCUT2D eigenvalue weighted by molar-refractivity contribution is 5.95. The lowest BCUT2D eigenvalue weighted by Gasteiger charge is -2.27. The van der Waals surface area contributed by atoms with E-state index >= 15 is 0 Å². The van der Waals surface area contributed by atoms with E-state index in [1.54, 1.807) is 23.2 Å². The van der Waals surface area contributed by atoms with Gasteiger partial charge in [0.25, 0.3) is 5.91 Å². The lowest BCUT2D eigenvalue weighted by atomic mass is 10.1. The van der Waals surface area contributed by atoms with Crippen molar-refractivity contribution in [1.82, 2.24) is 15.1 Å². The van der Waals surface area contributed by atoms with Crippen molar-refractivity contribution in [3.05, 3.63) is 77.5 Å². The van der Waals surface area contributed by atoms with Gasteiger partial charge >= 0.3 is 0 Å². The third-order valence-electron chi connectivity index (χ3n) is 5.30. The standard InChI is InChI=1S/C24H26N4O3/c1-2-31-21-9-5-18(6-10-21)11-14-25-24(30)20-7-3-19(4-8-20)17-27-22-12-15-26-28(22)16-13-23(27)29/h3-10,12,15H,2,11,13-14,16-17H2,1H3,(H,25,30). The van der Waals surface area contributed by atoms with Crippen LogP contribution < -0.4 is 15.0 Å². The number of aryl methyl sites for hydroxylation is 1. The quantitative estimate of drug-likeness (QED) is 0.610. The highest BCUT2D eigenvalue weighted by Gasteiger charge is 2.24. The second-order valence-electron chi connectivity index (χ2n) is 7.42. The molecule has 0 saturated heterocycles. The van der Waals surface area contributed by atoms with Crippen molar-refractivity contribution < 1.29 is 14.3 Å². The fourth-order valence-corrected chi connectivity index (χ4v) is 3.65. The lowest BCUT2D eigenvalue weighted by Crippen LogP contribution is -2.36. The number of fused-ring (bicyclic) bond motifs is 1. The molecule has 3 aromatic rings. The molecule has 0 saturated carbocycles. The molecule has 1 aliphatic heterocycles. The maximum atomic E-state index is 12.4. The number of hydrogen-bond donors (Lipinski definition) is 1. The fourth-order valence-electron chi connectivity index (χ4n) is 3.65. The van der Waals surface area contributed by atoms with Crippen LogP contribution in [0.25, 0.3) is 0 Å². The van der Waals surface area contributed by atoms with Crippen LogP contribution in [0, 0.1) is 0 Å². The van der Waals surface area contributed by atoms with E-state index < -0.39 is 0 Å². The summed E-state index contributed by atoms with van der Waals surface area (Å²) >= 11 is 0. The maximum absolute atomic E-state index is 12.4. The van der Waals surface area contributed by atoms with Gasteiger partial charge < -0.3 is 10.1 Å². The van der Waals surface area contributed by atoms with E-state index in [0.29, 0.717) is 38.2 Å². The number of anilines is 1. The molecule has 31 heavy (non-hydrogen) atoms. The molecule has 0 radical (unpaired) electrons. The highest BCUT2D eigenvalue weighted by atomic mass is 16.5. The minimum atomic E-state index is -0.107. The van der Waals surface area contributed by atoms with Crippen molar-refractivity contribution in [2.75, 3.05) is 18.1 Å². The molecular formula is C24H26N4O3. The molecule has 7 heteroatoms. The number of hydrogen-bond acceptors (Lipinski definition) is 4. The topological polar surface area (TPSA) is 76.5 Å². The number of rotatable bonds is 8. The summed E-state index contributed by atoms with van der Waals surface area (Å²) < 4.78 is 7.28. The number of aromatic nitrogens is 2. The number of nitrogens with zero attached hydrogens (tertiary/aromatic N) is 3. The Bertz CT molecular complexity index is 1040. The van der Waals surface area contributed by atoms with Crippen LogP contribution in [0.2, 0.25) is 0 Å². The Morgan fingerprint density at radius 1 is 1.06 bits per heavy atom. The van der Waals surface area contributed by atoms with Crippen LogP contribution in [-0.2, 0) is 24.3 Å². The van der Waals surface area contributed by atoms with E-state index in [4.69, 9.17) is 4.74 Å². The molecule has 1 N–H and O–H groups in total. The van der Waals surface area contributed by atoms with Crippen molar-refractivity contribution >= 4 is 17.6 Å². The molecule has 0 aliphatic carbocycles. The molecule has 0 atom stereocenters. The van der Waals surface area contributed by atoms with Gasteiger partial charge in [0.15, 0.2) is 0 Å². The molecule has 0 bridgehead atoms. The van der Waals surface area contributed by atoms with Gasteiger partial charge in [0.2, 0.25) is 5.91 Å². The first-order chi connectivity index (χ1) is 15.1. The molecule has 2 aromatic carbocycles. The molecule has 7 nitrogen and oxygen atoms in total. The van der Waals surface area contributed by atoms with Gasteiger partial charge in [0.05, 0.1) is 25.9 Å². The minimum Gasteiger partial charge on any atom is -0.494 e. The van der Waals surface area contributed by atoms with Gasteiger partial charge in [0.1, 0.15) is 11.6 Å². The van der Waals surface area contributed by atoms with E-state index in [1.807, 2.05) is 54.1 Å². The number of carbonyl (C=O) groups excluding carboxylic acids is 2. The monoisotopic (exact) mass is 418 g/mol. The maximum Gasteiger partial charge on any atom is 0.251 e. The largest absolute Gasteiger partial charge is 0.494 e. The van der Waals surface area contributed by atoms with Crippen LogP contribution in [0.1, 0.15) is 34.8 Å². The Morgan fingerprint density at radius 2 is 1.81 bits per heavy atom. The van der Waals surface area contributed by atoms with Crippen LogP contribution >= 0.6 is 0 Å². The van der Waals surface area contributed by atoms with Gasteiger partial charge in [0, 0.05) is 24.6 Å². The Hall–Kier alpha value is -3.61. The molecule has 4 rings (SSSR count). The van der Waals surface area contributed by atoms with Crippen LogP contribution in [0.4, 0.5) is 5.82 Å². The third kappa shape index (κ3) is 4.94. The van der Waals surface area contributed by atoms with E-state index in [-0.39, 0.29) is 11.8 Å². The first-order valence-corrected chi connectivity index (χ1v) is 10.5. The molecule has 0 spiro atoms. The van der Waals surface area contributed by atoms with Gasteiger partial charge in [-0.2, -0.15) is 5.10 Å². The Kier molecular flexibility index (Phi) is 6.31. The molecule has 0 fully saturated rings. The first kappa shape index (κ1) is 20.7. The predicted molar refractivity (Wildman–Crippen MR) is 118 cm³/mol. The number of carbonyl (C=O) groups is 2. The number of ether oxygens (including phenoxy) is 1. The second kappa shape index (κ2) is 9.47. The summed E-state index contributed by atoms with van der Waals surface area (Å²) in [5, 5.41) is 7.21. The zero-order valence-electron chi connectivity index (χ0n) is 17.6. The summed E-state index contributed by atoms with van der Waals surface area (Å²) in [6.07, 6.45) is 2.91. The second-order valence-corrected chi connectivity index (χ2v) is 7.42. The van der Waals surface area contributed by atoms with E-state index in [0.717, 1.165) is 29.1 Å². The summed E-state index contributed by atoms with van der Waals surface area (Å²) in [5.41, 5.74) is 2.71. The molecule has 1 aromatic heterocycles. The van der Waals surface area contributed by atoms with E-state index in [2.05, 4.69) is 10.4 Å². The van der Waals surface area contributed by atoms with Gasteiger partial charge in [-0.25, -0.2) is 4.68 Å². The summed E-state index contributed by atoms with van der Waals surface area (Å²) in [4.78, 5) is 26.5. The Morgan fingerprint density at radius 3 is 2.55 bits per heavy atom. The van der Waals surface area contributed by atoms with Gasteiger partial charge in [-0.3, -0.25) is 14.5 Å². The molecule has 160 valence electrons. The molecule has 0 unspecified atom stereocenters. The van der Waals surface area contributed by atoms with Gasteiger partial charge in [-0.15, -0.1) is 0 Å². The normalized spacial score (nSPS) is 13.1. The first-order valence-electron chi connectivity index (χ1n) is 10.5. The smallest absolute Gasteiger partial charge is 0.251 e. The SMILES string of the molecule is CCOc1ccc(CCNC(=O)c2ccc(CN3C(=O)CCn4nccc43)cc2)cc1. The lowest BCUT2D eigenvalue weighted by molar-refractivity contribution is -0.119.